The molecule has 12 heteroatoms. The summed E-state index contributed by atoms with van der Waals surface area (Å²) in [6.07, 6.45) is -1.79. The summed E-state index contributed by atoms with van der Waals surface area (Å²) in [5.74, 6) is -0.194. The van der Waals surface area contributed by atoms with Crippen LogP contribution in [0.3, 0.4) is 0 Å². The van der Waals surface area contributed by atoms with Gasteiger partial charge in [0.25, 0.3) is 0 Å². The highest BCUT2D eigenvalue weighted by Gasteiger charge is 2.70. The van der Waals surface area contributed by atoms with Crippen LogP contribution in [0.15, 0.2) is 11.6 Å². The van der Waals surface area contributed by atoms with Crippen molar-refractivity contribution < 1.29 is 59.5 Å². The molecule has 2 heterocycles. The van der Waals surface area contributed by atoms with Gasteiger partial charge in [-0.2, -0.15) is 0 Å². The standard InChI is InChI=1S/C41H66O12/c1-21-28(44)30(46)31(47)33(51-21)53-32-29(45)24(43)19-50-34(32)52-27-11-12-37(4)25(38(27,5)20-42)10-13-40(7)26(37)9-8-22-23-18-36(2,3)14-16-41(23,35(48)49)17-15-39(22,40)6/h8,21,23-34,42-47H,9-20H2,1-7H3,(H,48,49)/t21-,23+,24-,25?,26+,27-,28-,29-,30+,31+,32+,33-,34-,37-,38-,39+,40+,41-/m0/s1. The van der Waals surface area contributed by atoms with Gasteiger partial charge < -0.3 is 54.7 Å². The van der Waals surface area contributed by atoms with E-state index in [-0.39, 0.29) is 46.7 Å². The van der Waals surface area contributed by atoms with Crippen LogP contribution in [0.1, 0.15) is 113 Å². The predicted molar refractivity (Wildman–Crippen MR) is 192 cm³/mol. The summed E-state index contributed by atoms with van der Waals surface area (Å²) in [5, 5.41) is 74.9. The molecule has 7 rings (SSSR count). The van der Waals surface area contributed by atoms with Gasteiger partial charge in [0.2, 0.25) is 0 Å². The smallest absolute Gasteiger partial charge is 0.310 e. The Hall–Kier alpha value is -1.19. The van der Waals surface area contributed by atoms with Crippen LogP contribution in [0.4, 0.5) is 0 Å². The predicted octanol–water partition coefficient (Wildman–Crippen LogP) is 3.52. The molecule has 4 saturated carbocycles. The second-order valence-electron chi connectivity index (χ2n) is 20.0. The molecule has 7 N–H and O–H groups in total. The molecule has 1 unspecified atom stereocenters. The van der Waals surface area contributed by atoms with Crippen LogP contribution in [0.25, 0.3) is 0 Å². The molecule has 0 radical (unpaired) electrons. The van der Waals surface area contributed by atoms with Crippen LogP contribution in [0, 0.1) is 50.2 Å². The third-order valence-electron chi connectivity index (χ3n) is 17.0. The van der Waals surface area contributed by atoms with E-state index in [9.17, 15) is 40.5 Å². The average Bonchev–Trinajstić information content (AvgIpc) is 3.10. The number of hydrogen-bond donors (Lipinski definition) is 7. The summed E-state index contributed by atoms with van der Waals surface area (Å²) >= 11 is 0. The molecule has 0 aromatic rings. The third-order valence-corrected chi connectivity index (χ3v) is 17.0. The molecule has 0 spiro atoms. The van der Waals surface area contributed by atoms with Crippen molar-refractivity contribution in [3.8, 4) is 0 Å². The molecular weight excluding hydrogens is 684 g/mol. The van der Waals surface area contributed by atoms with Crippen LogP contribution in [0.5, 0.6) is 0 Å². The van der Waals surface area contributed by atoms with E-state index in [1.807, 2.05) is 0 Å². The van der Waals surface area contributed by atoms with E-state index in [0.29, 0.717) is 18.8 Å². The number of carbonyl (C=O) groups is 1. The molecule has 2 saturated heterocycles. The largest absolute Gasteiger partial charge is 0.481 e. The first-order valence-corrected chi connectivity index (χ1v) is 20.2. The fourth-order valence-corrected chi connectivity index (χ4v) is 13.3. The molecular formula is C41H66O12. The quantitative estimate of drug-likeness (QED) is 0.155. The van der Waals surface area contributed by atoms with Crippen LogP contribution >= 0.6 is 0 Å². The lowest BCUT2D eigenvalue weighted by Crippen LogP contribution is -2.67. The maximum Gasteiger partial charge on any atom is 0.310 e. The summed E-state index contributed by atoms with van der Waals surface area (Å²) in [7, 11) is 0. The van der Waals surface area contributed by atoms with Crippen molar-refractivity contribution in [3.05, 3.63) is 11.6 Å². The number of rotatable bonds is 6. The molecule has 12 nitrogen and oxygen atoms in total. The van der Waals surface area contributed by atoms with Gasteiger partial charge in [-0.3, -0.25) is 4.79 Å². The van der Waals surface area contributed by atoms with Gasteiger partial charge in [0.05, 0.1) is 30.8 Å². The molecule has 18 atom stereocenters. The first-order chi connectivity index (χ1) is 24.7. The van der Waals surface area contributed by atoms with Crippen molar-refractivity contribution >= 4 is 5.97 Å². The zero-order chi connectivity index (χ0) is 38.7. The molecule has 5 aliphatic carbocycles. The second kappa shape index (κ2) is 13.5. The minimum absolute atomic E-state index is 0.0360. The highest BCUT2D eigenvalue weighted by Crippen LogP contribution is 2.76. The van der Waals surface area contributed by atoms with E-state index in [1.165, 1.54) is 12.5 Å². The molecule has 2 aliphatic heterocycles. The Morgan fingerprint density at radius 3 is 2.21 bits per heavy atom. The van der Waals surface area contributed by atoms with Crippen LogP contribution in [-0.4, -0.2) is 116 Å². The molecule has 0 amide bonds. The van der Waals surface area contributed by atoms with Crippen molar-refractivity contribution in [1.82, 2.24) is 0 Å². The fraction of sp³-hybridized carbons (Fsp3) is 0.927. The normalized spacial score (nSPS) is 55.1. The summed E-state index contributed by atoms with van der Waals surface area (Å²) in [6.45, 7) is 15.1. The van der Waals surface area contributed by atoms with E-state index < -0.39 is 78.2 Å². The first-order valence-electron chi connectivity index (χ1n) is 20.2. The van der Waals surface area contributed by atoms with Crippen molar-refractivity contribution in [2.45, 2.75) is 174 Å². The summed E-state index contributed by atoms with van der Waals surface area (Å²) in [6, 6.07) is 0. The zero-order valence-electron chi connectivity index (χ0n) is 32.7. The van der Waals surface area contributed by atoms with E-state index in [2.05, 4.69) is 47.6 Å². The summed E-state index contributed by atoms with van der Waals surface area (Å²) in [4.78, 5) is 13.0. The number of aliphatic hydroxyl groups is 6. The number of fused-ring (bicyclic) bond motifs is 7. The van der Waals surface area contributed by atoms with Gasteiger partial charge in [-0.15, -0.1) is 0 Å². The second-order valence-corrected chi connectivity index (χ2v) is 20.0. The Kier molecular flexibility index (Phi) is 10.2. The lowest BCUT2D eigenvalue weighted by Gasteiger charge is -2.71. The first kappa shape index (κ1) is 40.0. The number of hydrogen-bond acceptors (Lipinski definition) is 11. The fourth-order valence-electron chi connectivity index (χ4n) is 13.3. The third kappa shape index (κ3) is 5.85. The molecule has 6 fully saturated rings. The minimum Gasteiger partial charge on any atom is -0.481 e. The highest BCUT2D eigenvalue weighted by atomic mass is 16.8. The van der Waals surface area contributed by atoms with Gasteiger partial charge in [-0.05, 0) is 111 Å². The van der Waals surface area contributed by atoms with Gasteiger partial charge in [-0.1, -0.05) is 53.2 Å². The maximum absolute atomic E-state index is 13.0. The molecule has 7 aliphatic rings. The van der Waals surface area contributed by atoms with E-state index in [4.69, 9.17) is 18.9 Å². The Labute approximate surface area is 314 Å². The van der Waals surface area contributed by atoms with Crippen LogP contribution in [0.2, 0.25) is 0 Å². The number of carboxylic acids is 1. The number of aliphatic hydroxyl groups excluding tert-OH is 6. The van der Waals surface area contributed by atoms with Crippen LogP contribution < -0.4 is 0 Å². The Morgan fingerprint density at radius 2 is 1.53 bits per heavy atom. The lowest BCUT2D eigenvalue weighted by atomic mass is 9.33. The summed E-state index contributed by atoms with van der Waals surface area (Å²) in [5.41, 5.74) is -0.239. The monoisotopic (exact) mass is 750 g/mol. The van der Waals surface area contributed by atoms with E-state index in [0.717, 1.165) is 51.4 Å². The number of aliphatic carboxylic acids is 1. The van der Waals surface area contributed by atoms with Gasteiger partial charge in [-0.25, -0.2) is 0 Å². The van der Waals surface area contributed by atoms with E-state index in [1.54, 1.807) is 0 Å². The van der Waals surface area contributed by atoms with Crippen molar-refractivity contribution in [2.75, 3.05) is 13.2 Å². The van der Waals surface area contributed by atoms with E-state index >= 15 is 0 Å². The topological polar surface area (TPSA) is 196 Å². The Balaban J connectivity index is 1.15. The average molecular weight is 751 g/mol. The Bertz CT molecular complexity index is 1440. The summed E-state index contributed by atoms with van der Waals surface area (Å²) < 4.78 is 24.3. The van der Waals surface area contributed by atoms with Gasteiger partial charge in [0, 0.05) is 5.41 Å². The molecule has 0 aromatic carbocycles. The SMILES string of the molecule is C[C@@H]1O[C@@H](O[C@H]2[C@H](O[C@H]3CC[C@@]4(C)C(CC[C@]5(C)[C@@H]4CC=C4[C@H]6CC(C)(C)CC[C@]6(C(=O)O)CC[C@]45C)[C@]3(C)CO)OC[C@H](O)[C@@H]2O)[C@H](O)[C@H](O)[C@H]1O. The lowest BCUT2D eigenvalue weighted by molar-refractivity contribution is -0.365. The van der Waals surface area contributed by atoms with Crippen molar-refractivity contribution in [3.63, 3.8) is 0 Å². The van der Waals surface area contributed by atoms with Crippen molar-refractivity contribution in [2.24, 2.45) is 50.2 Å². The molecule has 0 bridgehead atoms. The number of allylic oxidation sites excluding steroid dienone is 2. The van der Waals surface area contributed by atoms with Crippen LogP contribution in [-0.2, 0) is 23.7 Å². The highest BCUT2D eigenvalue weighted by molar-refractivity contribution is 5.76. The Morgan fingerprint density at radius 1 is 0.830 bits per heavy atom. The van der Waals surface area contributed by atoms with Gasteiger partial charge in [0.1, 0.15) is 36.6 Å². The van der Waals surface area contributed by atoms with Gasteiger partial charge in [0.15, 0.2) is 12.6 Å². The zero-order valence-corrected chi connectivity index (χ0v) is 32.7. The van der Waals surface area contributed by atoms with Gasteiger partial charge >= 0.3 is 5.97 Å². The minimum atomic E-state index is -1.62. The molecule has 302 valence electrons. The number of ether oxygens (including phenoxy) is 4. The maximum atomic E-state index is 13.0. The molecule has 0 aromatic heterocycles. The number of carboxylic acid groups (broad SMARTS) is 1. The van der Waals surface area contributed by atoms with Crippen molar-refractivity contribution in [1.29, 1.82) is 0 Å². The molecule has 53 heavy (non-hydrogen) atoms.